The zero-order chi connectivity index (χ0) is 22.1. The van der Waals surface area contributed by atoms with Crippen molar-refractivity contribution in [2.75, 3.05) is 0 Å². The minimum atomic E-state index is -4.44. The lowest BCUT2D eigenvalue weighted by Gasteiger charge is -2.14. The van der Waals surface area contributed by atoms with Crippen LogP contribution in [-0.2, 0) is 19.3 Å². The molecule has 7 heteroatoms. The van der Waals surface area contributed by atoms with E-state index in [0.717, 1.165) is 29.0 Å². The second-order valence-corrected chi connectivity index (χ2v) is 7.28. The molecule has 30 heavy (non-hydrogen) atoms. The van der Waals surface area contributed by atoms with E-state index in [4.69, 9.17) is 0 Å². The van der Waals surface area contributed by atoms with Gasteiger partial charge in [0.2, 0.25) is 0 Å². The summed E-state index contributed by atoms with van der Waals surface area (Å²) in [5.41, 5.74) is 3.32. The van der Waals surface area contributed by atoms with Crippen molar-refractivity contribution in [2.24, 2.45) is 0 Å². The molecule has 3 nitrogen and oxygen atoms in total. The highest BCUT2D eigenvalue weighted by molar-refractivity contribution is 5.95. The summed E-state index contributed by atoms with van der Waals surface area (Å²) in [5.74, 6) is -0.751. The van der Waals surface area contributed by atoms with Crippen LogP contribution in [0.2, 0.25) is 0 Å². The third-order valence-electron chi connectivity index (χ3n) is 5.29. The van der Waals surface area contributed by atoms with Crippen LogP contribution in [0.4, 0.5) is 17.6 Å². The highest BCUT2D eigenvalue weighted by atomic mass is 19.4. The summed E-state index contributed by atoms with van der Waals surface area (Å²) in [7, 11) is 0. The number of hydrogen-bond donors (Lipinski definition) is 1. The molecule has 0 unspecified atom stereocenters. The van der Waals surface area contributed by atoms with Crippen LogP contribution in [0.15, 0.2) is 48.5 Å². The number of nitrogens with zero attached hydrogens (tertiary/aromatic N) is 1. The molecule has 0 aliphatic carbocycles. The molecule has 3 rings (SSSR count). The molecule has 3 aromatic rings. The normalized spacial score (nSPS) is 11.6. The van der Waals surface area contributed by atoms with Gasteiger partial charge in [0.1, 0.15) is 11.5 Å². The van der Waals surface area contributed by atoms with Gasteiger partial charge in [-0.25, -0.2) is 4.39 Å². The van der Waals surface area contributed by atoms with Gasteiger partial charge in [-0.15, -0.1) is 0 Å². The van der Waals surface area contributed by atoms with Crippen LogP contribution in [0, 0.1) is 26.6 Å². The van der Waals surface area contributed by atoms with Crippen molar-refractivity contribution in [3.63, 3.8) is 0 Å². The molecule has 0 saturated heterocycles. The van der Waals surface area contributed by atoms with Gasteiger partial charge in [-0.3, -0.25) is 4.79 Å². The minimum Gasteiger partial charge on any atom is -0.347 e. The van der Waals surface area contributed by atoms with Crippen LogP contribution >= 0.6 is 0 Å². The van der Waals surface area contributed by atoms with Gasteiger partial charge < -0.3 is 9.88 Å². The van der Waals surface area contributed by atoms with Gasteiger partial charge in [-0.1, -0.05) is 24.3 Å². The van der Waals surface area contributed by atoms with Gasteiger partial charge in [0.25, 0.3) is 5.91 Å². The first-order chi connectivity index (χ1) is 14.1. The standard InChI is InChI=1S/C23H22F4N2O/c1-14-15(2)21(29(16(14)3)13-18-7-5-9-20(24)11-18)22(30)28-12-17-6-4-8-19(10-17)23(25,26)27/h4-11H,12-13H2,1-3H3,(H,28,30). The Morgan fingerprint density at radius 3 is 2.30 bits per heavy atom. The summed E-state index contributed by atoms with van der Waals surface area (Å²) >= 11 is 0. The molecule has 1 N–H and O–H groups in total. The van der Waals surface area contributed by atoms with E-state index >= 15 is 0 Å². The number of benzene rings is 2. The number of carbonyl (C=O) groups excluding carboxylic acids is 1. The number of hydrogen-bond acceptors (Lipinski definition) is 1. The maximum atomic E-state index is 13.6. The summed E-state index contributed by atoms with van der Waals surface area (Å²) in [4.78, 5) is 12.9. The Balaban J connectivity index is 1.85. The molecule has 1 amide bonds. The fourth-order valence-electron chi connectivity index (χ4n) is 3.45. The van der Waals surface area contributed by atoms with E-state index in [1.807, 2.05) is 20.8 Å². The first-order valence-corrected chi connectivity index (χ1v) is 9.43. The number of amides is 1. The quantitative estimate of drug-likeness (QED) is 0.542. The van der Waals surface area contributed by atoms with Crippen molar-refractivity contribution in [1.29, 1.82) is 0 Å². The molecular formula is C23H22F4N2O. The predicted octanol–water partition coefficient (Wildman–Crippen LogP) is 5.55. The lowest BCUT2D eigenvalue weighted by molar-refractivity contribution is -0.137. The van der Waals surface area contributed by atoms with Crippen LogP contribution in [0.1, 0.15) is 44.0 Å². The number of nitrogens with one attached hydrogen (secondary N) is 1. The number of alkyl halides is 3. The van der Waals surface area contributed by atoms with Gasteiger partial charge in [-0.05, 0) is 67.3 Å². The predicted molar refractivity (Wildman–Crippen MR) is 107 cm³/mol. The molecule has 2 aromatic carbocycles. The summed E-state index contributed by atoms with van der Waals surface area (Å²) in [5, 5.41) is 2.71. The van der Waals surface area contributed by atoms with Crippen molar-refractivity contribution in [1.82, 2.24) is 9.88 Å². The third kappa shape index (κ3) is 4.56. The van der Waals surface area contributed by atoms with Crippen molar-refractivity contribution in [3.8, 4) is 0 Å². The van der Waals surface area contributed by atoms with Gasteiger partial charge in [0.15, 0.2) is 0 Å². The Morgan fingerprint density at radius 1 is 0.967 bits per heavy atom. The van der Waals surface area contributed by atoms with Crippen molar-refractivity contribution >= 4 is 5.91 Å². The molecule has 1 heterocycles. The monoisotopic (exact) mass is 418 g/mol. The van der Waals surface area contributed by atoms with E-state index in [1.165, 1.54) is 24.3 Å². The topological polar surface area (TPSA) is 34.0 Å². The Labute approximate surface area is 172 Å². The van der Waals surface area contributed by atoms with Crippen LogP contribution < -0.4 is 5.32 Å². The molecule has 0 saturated carbocycles. The molecule has 0 bridgehead atoms. The molecule has 0 spiro atoms. The van der Waals surface area contributed by atoms with Gasteiger partial charge in [-0.2, -0.15) is 13.2 Å². The van der Waals surface area contributed by atoms with E-state index in [0.29, 0.717) is 23.4 Å². The molecule has 0 aliphatic heterocycles. The zero-order valence-corrected chi connectivity index (χ0v) is 16.9. The summed E-state index contributed by atoms with van der Waals surface area (Å²) in [6.45, 7) is 5.88. The molecular weight excluding hydrogens is 396 g/mol. The molecule has 0 fully saturated rings. The molecule has 158 valence electrons. The number of aromatic nitrogens is 1. The van der Waals surface area contributed by atoms with Gasteiger partial charge >= 0.3 is 6.18 Å². The van der Waals surface area contributed by atoms with E-state index in [-0.39, 0.29) is 12.4 Å². The Kier molecular flexibility index (Phi) is 6.01. The van der Waals surface area contributed by atoms with Crippen LogP contribution in [-0.4, -0.2) is 10.5 Å². The number of halogens is 4. The Morgan fingerprint density at radius 2 is 1.63 bits per heavy atom. The van der Waals surface area contributed by atoms with Crippen molar-refractivity contribution in [3.05, 3.63) is 93.6 Å². The second kappa shape index (κ2) is 8.34. The van der Waals surface area contributed by atoms with E-state index in [9.17, 15) is 22.4 Å². The lowest BCUT2D eigenvalue weighted by Crippen LogP contribution is -2.27. The van der Waals surface area contributed by atoms with Crippen LogP contribution in [0.5, 0.6) is 0 Å². The zero-order valence-electron chi connectivity index (χ0n) is 16.9. The highest BCUT2D eigenvalue weighted by Gasteiger charge is 2.30. The maximum absolute atomic E-state index is 13.6. The third-order valence-corrected chi connectivity index (χ3v) is 5.29. The van der Waals surface area contributed by atoms with Crippen LogP contribution in [0.3, 0.4) is 0 Å². The summed E-state index contributed by atoms with van der Waals surface area (Å²) < 4.78 is 54.1. The van der Waals surface area contributed by atoms with E-state index < -0.39 is 17.6 Å². The molecule has 0 aliphatic rings. The molecule has 1 aromatic heterocycles. The first kappa shape index (κ1) is 21.6. The first-order valence-electron chi connectivity index (χ1n) is 9.43. The number of rotatable bonds is 5. The fraction of sp³-hybridized carbons (Fsp3) is 0.261. The number of carbonyl (C=O) groups is 1. The fourth-order valence-corrected chi connectivity index (χ4v) is 3.45. The summed E-state index contributed by atoms with van der Waals surface area (Å²) in [6.07, 6.45) is -4.44. The van der Waals surface area contributed by atoms with E-state index in [1.54, 1.807) is 16.7 Å². The average molecular weight is 418 g/mol. The SMILES string of the molecule is Cc1c(C)c(C(=O)NCc2cccc(C(F)(F)F)c2)n(Cc2cccc(F)c2)c1C. The minimum absolute atomic E-state index is 0.0363. The second-order valence-electron chi connectivity index (χ2n) is 7.28. The Hall–Kier alpha value is -3.09. The van der Waals surface area contributed by atoms with Crippen molar-refractivity contribution in [2.45, 2.75) is 40.0 Å². The maximum Gasteiger partial charge on any atom is 0.416 e. The van der Waals surface area contributed by atoms with Crippen molar-refractivity contribution < 1.29 is 22.4 Å². The largest absolute Gasteiger partial charge is 0.416 e. The van der Waals surface area contributed by atoms with Crippen LogP contribution in [0.25, 0.3) is 0 Å². The Bertz CT molecular complexity index is 1080. The highest BCUT2D eigenvalue weighted by Crippen LogP contribution is 2.29. The lowest BCUT2D eigenvalue weighted by atomic mass is 10.1. The molecule has 0 atom stereocenters. The van der Waals surface area contributed by atoms with Gasteiger partial charge in [0, 0.05) is 18.8 Å². The smallest absolute Gasteiger partial charge is 0.347 e. The van der Waals surface area contributed by atoms with E-state index in [2.05, 4.69) is 5.32 Å². The average Bonchev–Trinajstić information content (AvgIpc) is 2.89. The summed E-state index contributed by atoms with van der Waals surface area (Å²) in [6, 6.07) is 11.0. The molecule has 0 radical (unpaired) electrons. The van der Waals surface area contributed by atoms with Gasteiger partial charge in [0.05, 0.1) is 5.56 Å².